The van der Waals surface area contributed by atoms with Crippen LogP contribution >= 0.6 is 0 Å². The molecule has 2 aliphatic carbocycles. The van der Waals surface area contributed by atoms with Crippen LogP contribution in [-0.2, 0) is 17.6 Å². The maximum absolute atomic E-state index is 12.6. The highest BCUT2D eigenvalue weighted by Gasteiger charge is 2.55. The maximum Gasteiger partial charge on any atom is 0.317 e. The van der Waals surface area contributed by atoms with Crippen LogP contribution in [-0.4, -0.2) is 51.3 Å². The SMILES string of the molecule is O=C(NC1CCc2cn[nH]c2C1)N1C[C@@H]2CCC[C@@]2(C(=O)O)C1. The normalized spacial score (nSPS) is 32.4. The van der Waals surface area contributed by atoms with Crippen LogP contribution in [0.25, 0.3) is 0 Å². The quantitative estimate of drug-likeness (QED) is 0.762. The zero-order valence-corrected chi connectivity index (χ0v) is 13.0. The molecule has 3 N–H and O–H groups in total. The molecule has 0 aromatic carbocycles. The van der Waals surface area contributed by atoms with Crippen LogP contribution in [0.4, 0.5) is 4.79 Å². The number of nitrogens with one attached hydrogen (secondary N) is 2. The molecule has 1 aromatic heterocycles. The fourth-order valence-electron chi connectivity index (χ4n) is 4.59. The van der Waals surface area contributed by atoms with Crippen molar-refractivity contribution in [2.45, 2.75) is 44.6 Å². The second-order valence-corrected chi connectivity index (χ2v) is 7.19. The van der Waals surface area contributed by atoms with Crippen molar-refractivity contribution in [3.63, 3.8) is 0 Å². The van der Waals surface area contributed by atoms with Gasteiger partial charge in [0.1, 0.15) is 0 Å². The topological polar surface area (TPSA) is 98.3 Å². The Hall–Kier alpha value is -2.05. The number of hydrogen-bond donors (Lipinski definition) is 3. The highest BCUT2D eigenvalue weighted by molar-refractivity contribution is 5.80. The van der Waals surface area contributed by atoms with Gasteiger partial charge in [0.15, 0.2) is 0 Å². The highest BCUT2D eigenvalue weighted by Crippen LogP contribution is 2.48. The summed E-state index contributed by atoms with van der Waals surface area (Å²) in [6, 6.07) is -0.0235. The molecule has 2 fully saturated rings. The van der Waals surface area contributed by atoms with Crippen molar-refractivity contribution in [2.75, 3.05) is 13.1 Å². The van der Waals surface area contributed by atoms with Crippen LogP contribution in [0.2, 0.25) is 0 Å². The number of rotatable bonds is 2. The number of carbonyl (C=O) groups is 2. The summed E-state index contributed by atoms with van der Waals surface area (Å²) in [7, 11) is 0. The number of H-pyrrole nitrogens is 1. The number of carboxylic acids is 1. The molecular formula is C16H22N4O3. The van der Waals surface area contributed by atoms with Crippen LogP contribution < -0.4 is 5.32 Å². The molecule has 1 unspecified atom stereocenters. The molecule has 2 amide bonds. The molecule has 4 rings (SSSR count). The van der Waals surface area contributed by atoms with Crippen molar-refractivity contribution in [1.82, 2.24) is 20.4 Å². The van der Waals surface area contributed by atoms with Crippen molar-refractivity contribution < 1.29 is 14.7 Å². The first kappa shape index (κ1) is 14.5. The van der Waals surface area contributed by atoms with Gasteiger partial charge in [-0.15, -0.1) is 0 Å². The average Bonchev–Trinajstić information content (AvgIpc) is 3.20. The second kappa shape index (κ2) is 5.25. The molecular weight excluding hydrogens is 296 g/mol. The Bertz CT molecular complexity index is 643. The van der Waals surface area contributed by atoms with Crippen molar-refractivity contribution in [2.24, 2.45) is 11.3 Å². The summed E-state index contributed by atoms with van der Waals surface area (Å²) >= 11 is 0. The molecule has 1 aromatic rings. The molecule has 0 bridgehead atoms. The number of hydrogen-bond acceptors (Lipinski definition) is 3. The van der Waals surface area contributed by atoms with Gasteiger partial charge in [-0.3, -0.25) is 9.89 Å². The van der Waals surface area contributed by atoms with E-state index in [9.17, 15) is 14.7 Å². The van der Waals surface area contributed by atoms with E-state index >= 15 is 0 Å². The van der Waals surface area contributed by atoms with Crippen molar-refractivity contribution in [3.8, 4) is 0 Å². The molecule has 3 aliphatic rings. The molecule has 124 valence electrons. The molecule has 1 aliphatic heterocycles. The van der Waals surface area contributed by atoms with E-state index in [1.807, 2.05) is 6.20 Å². The molecule has 7 nitrogen and oxygen atoms in total. The van der Waals surface area contributed by atoms with E-state index in [1.165, 1.54) is 5.56 Å². The largest absolute Gasteiger partial charge is 0.481 e. The highest BCUT2D eigenvalue weighted by atomic mass is 16.4. The van der Waals surface area contributed by atoms with Gasteiger partial charge in [0.05, 0.1) is 11.6 Å². The van der Waals surface area contributed by atoms with Gasteiger partial charge in [-0.25, -0.2) is 4.79 Å². The van der Waals surface area contributed by atoms with E-state index in [1.54, 1.807) is 4.90 Å². The number of aryl methyl sites for hydroxylation is 1. The van der Waals surface area contributed by atoms with E-state index < -0.39 is 11.4 Å². The summed E-state index contributed by atoms with van der Waals surface area (Å²) < 4.78 is 0. The lowest BCUT2D eigenvalue weighted by Gasteiger charge is -2.27. The Morgan fingerprint density at radius 2 is 2.30 bits per heavy atom. The van der Waals surface area contributed by atoms with E-state index in [0.717, 1.165) is 37.8 Å². The molecule has 1 saturated carbocycles. The van der Waals surface area contributed by atoms with Crippen molar-refractivity contribution >= 4 is 12.0 Å². The number of likely N-dealkylation sites (tertiary alicyclic amines) is 1. The van der Waals surface area contributed by atoms with Gasteiger partial charge in [0.25, 0.3) is 0 Å². The first-order chi connectivity index (χ1) is 11.1. The number of nitrogens with zero attached hydrogens (tertiary/aromatic N) is 2. The summed E-state index contributed by atoms with van der Waals surface area (Å²) in [6.45, 7) is 0.918. The Balaban J connectivity index is 1.40. The Kier molecular flexibility index (Phi) is 3.32. The van der Waals surface area contributed by atoms with Crippen LogP contribution in [0.1, 0.15) is 36.9 Å². The third-order valence-corrected chi connectivity index (χ3v) is 5.93. The summed E-state index contributed by atoms with van der Waals surface area (Å²) in [5.41, 5.74) is 1.62. The Morgan fingerprint density at radius 1 is 1.43 bits per heavy atom. The van der Waals surface area contributed by atoms with Gasteiger partial charge in [-0.05, 0) is 37.2 Å². The summed E-state index contributed by atoms with van der Waals surface area (Å²) in [5.74, 6) is -0.633. The predicted molar refractivity (Wildman–Crippen MR) is 81.9 cm³/mol. The second-order valence-electron chi connectivity index (χ2n) is 7.19. The number of urea groups is 1. The maximum atomic E-state index is 12.6. The van der Waals surface area contributed by atoms with E-state index in [4.69, 9.17) is 0 Å². The smallest absolute Gasteiger partial charge is 0.317 e. The monoisotopic (exact) mass is 318 g/mol. The number of amides is 2. The fraction of sp³-hybridized carbons (Fsp3) is 0.688. The zero-order valence-electron chi connectivity index (χ0n) is 13.0. The minimum atomic E-state index is -0.741. The van der Waals surface area contributed by atoms with Gasteiger partial charge >= 0.3 is 12.0 Å². The number of carbonyl (C=O) groups excluding carboxylic acids is 1. The molecule has 3 atom stereocenters. The summed E-state index contributed by atoms with van der Waals surface area (Å²) in [4.78, 5) is 26.0. The summed E-state index contributed by atoms with van der Waals surface area (Å²) in [5, 5.41) is 19.7. The number of carboxylic acid groups (broad SMARTS) is 1. The first-order valence-corrected chi connectivity index (χ1v) is 8.38. The van der Waals surface area contributed by atoms with Crippen LogP contribution in [0.5, 0.6) is 0 Å². The fourth-order valence-corrected chi connectivity index (χ4v) is 4.59. The molecule has 0 radical (unpaired) electrons. The standard InChI is InChI=1S/C16H22N4O3/c21-14(22)16-5-1-2-11(16)8-20(9-16)15(23)18-12-4-3-10-7-17-19-13(10)6-12/h7,11-12H,1-6,8-9H2,(H,17,19)(H,18,23)(H,21,22)/t11-,12?,16+/m0/s1. The number of aromatic nitrogens is 2. The molecule has 1 saturated heterocycles. The molecule has 2 heterocycles. The van der Waals surface area contributed by atoms with Crippen LogP contribution in [0.3, 0.4) is 0 Å². The van der Waals surface area contributed by atoms with E-state index in [2.05, 4.69) is 15.5 Å². The van der Waals surface area contributed by atoms with Gasteiger partial charge < -0.3 is 15.3 Å². The predicted octanol–water partition coefficient (Wildman–Crippen LogP) is 1.16. The number of aliphatic carboxylic acids is 1. The third-order valence-electron chi connectivity index (χ3n) is 5.93. The minimum absolute atomic E-state index is 0.0941. The van der Waals surface area contributed by atoms with E-state index in [-0.39, 0.29) is 18.0 Å². The number of aromatic amines is 1. The summed E-state index contributed by atoms with van der Waals surface area (Å²) in [6.07, 6.45) is 7.00. The lowest BCUT2D eigenvalue weighted by molar-refractivity contribution is -0.149. The van der Waals surface area contributed by atoms with Gasteiger partial charge in [-0.2, -0.15) is 5.10 Å². The van der Waals surface area contributed by atoms with E-state index in [0.29, 0.717) is 19.5 Å². The van der Waals surface area contributed by atoms with Gasteiger partial charge in [-0.1, -0.05) is 6.42 Å². The Morgan fingerprint density at radius 3 is 3.09 bits per heavy atom. The number of fused-ring (bicyclic) bond motifs is 2. The van der Waals surface area contributed by atoms with Crippen molar-refractivity contribution in [3.05, 3.63) is 17.5 Å². The van der Waals surface area contributed by atoms with Crippen LogP contribution in [0, 0.1) is 11.3 Å². The van der Waals surface area contributed by atoms with Crippen LogP contribution in [0.15, 0.2) is 6.20 Å². The zero-order chi connectivity index (χ0) is 16.0. The van der Waals surface area contributed by atoms with Crippen molar-refractivity contribution in [1.29, 1.82) is 0 Å². The lowest BCUT2D eigenvalue weighted by Crippen LogP contribution is -2.47. The van der Waals surface area contributed by atoms with Gasteiger partial charge in [0.2, 0.25) is 0 Å². The minimum Gasteiger partial charge on any atom is -0.481 e. The first-order valence-electron chi connectivity index (χ1n) is 8.38. The molecule has 23 heavy (non-hydrogen) atoms. The third kappa shape index (κ3) is 2.29. The Labute approximate surface area is 134 Å². The average molecular weight is 318 g/mol. The molecule has 7 heteroatoms. The molecule has 0 spiro atoms. The van der Waals surface area contributed by atoms with Gasteiger partial charge in [0, 0.05) is 31.2 Å². The lowest BCUT2D eigenvalue weighted by atomic mass is 9.81.